The molecule has 0 unspecified atom stereocenters. The Morgan fingerprint density at radius 1 is 1.19 bits per heavy atom. The van der Waals surface area contributed by atoms with E-state index in [1.54, 1.807) is 0 Å². The molecule has 5 heteroatoms. The fraction of sp³-hybridized carbons (Fsp3) is 0.409. The van der Waals surface area contributed by atoms with E-state index < -0.39 is 0 Å². The molecule has 0 saturated heterocycles. The van der Waals surface area contributed by atoms with Gasteiger partial charge in [-0.3, -0.25) is 9.69 Å². The highest BCUT2D eigenvalue weighted by atomic mass is 16.6. The van der Waals surface area contributed by atoms with Crippen LogP contribution in [0.25, 0.3) is 0 Å². The maximum Gasteiger partial charge on any atom is 0.241 e. The SMILES string of the molecule is Cc1cc(C)c(NC(=O)[C@H](C)N(C)C[C@@H]2COc3ccccc3O2)c(C)c1. The fourth-order valence-corrected chi connectivity index (χ4v) is 3.44. The molecule has 1 aliphatic rings. The number of rotatable bonds is 5. The first kappa shape index (κ1) is 19.2. The number of likely N-dealkylation sites (N-methyl/N-ethyl adjacent to an activating group) is 1. The Hall–Kier alpha value is -2.53. The summed E-state index contributed by atoms with van der Waals surface area (Å²) in [6, 6.07) is 11.5. The van der Waals surface area contributed by atoms with Crippen LogP contribution in [0, 0.1) is 20.8 Å². The van der Waals surface area contributed by atoms with Gasteiger partial charge in [0.05, 0.1) is 6.04 Å². The highest BCUT2D eigenvalue weighted by molar-refractivity contribution is 5.95. The van der Waals surface area contributed by atoms with Crippen LogP contribution in [-0.2, 0) is 4.79 Å². The number of aryl methyl sites for hydroxylation is 3. The van der Waals surface area contributed by atoms with Crippen LogP contribution in [0.5, 0.6) is 11.5 Å². The molecule has 144 valence electrons. The molecular formula is C22H28N2O3. The van der Waals surface area contributed by atoms with Crippen molar-refractivity contribution in [2.75, 3.05) is 25.5 Å². The number of carbonyl (C=O) groups excluding carboxylic acids is 1. The van der Waals surface area contributed by atoms with Crippen molar-refractivity contribution < 1.29 is 14.3 Å². The number of hydrogen-bond acceptors (Lipinski definition) is 4. The van der Waals surface area contributed by atoms with Crippen molar-refractivity contribution in [1.29, 1.82) is 0 Å². The molecule has 2 aromatic rings. The minimum Gasteiger partial charge on any atom is -0.486 e. The van der Waals surface area contributed by atoms with Crippen LogP contribution < -0.4 is 14.8 Å². The second-order valence-corrected chi connectivity index (χ2v) is 7.38. The van der Waals surface area contributed by atoms with Gasteiger partial charge in [0.15, 0.2) is 11.5 Å². The highest BCUT2D eigenvalue weighted by Gasteiger charge is 2.26. The van der Waals surface area contributed by atoms with Crippen molar-refractivity contribution >= 4 is 11.6 Å². The van der Waals surface area contributed by atoms with Gasteiger partial charge in [0.2, 0.25) is 5.91 Å². The number of amides is 1. The van der Waals surface area contributed by atoms with Crippen molar-refractivity contribution in [2.24, 2.45) is 0 Å². The van der Waals surface area contributed by atoms with Crippen molar-refractivity contribution in [3.05, 3.63) is 53.1 Å². The predicted molar refractivity (Wildman–Crippen MR) is 108 cm³/mol. The zero-order valence-corrected chi connectivity index (χ0v) is 16.7. The summed E-state index contributed by atoms with van der Waals surface area (Å²) in [5.41, 5.74) is 4.26. The van der Waals surface area contributed by atoms with E-state index in [1.165, 1.54) is 5.56 Å². The van der Waals surface area contributed by atoms with Gasteiger partial charge in [-0.15, -0.1) is 0 Å². The van der Waals surface area contributed by atoms with Gasteiger partial charge in [-0.1, -0.05) is 29.8 Å². The molecular weight excluding hydrogens is 340 g/mol. The molecule has 2 atom stereocenters. The van der Waals surface area contributed by atoms with E-state index in [0.717, 1.165) is 28.3 Å². The number of fused-ring (bicyclic) bond motifs is 1. The third-order valence-corrected chi connectivity index (χ3v) is 5.02. The molecule has 0 aliphatic carbocycles. The summed E-state index contributed by atoms with van der Waals surface area (Å²) in [5, 5.41) is 3.09. The lowest BCUT2D eigenvalue weighted by Crippen LogP contribution is -2.46. The molecule has 1 aliphatic heterocycles. The molecule has 27 heavy (non-hydrogen) atoms. The third-order valence-electron chi connectivity index (χ3n) is 5.02. The van der Waals surface area contributed by atoms with Crippen LogP contribution in [0.4, 0.5) is 5.69 Å². The number of benzene rings is 2. The molecule has 0 saturated carbocycles. The van der Waals surface area contributed by atoms with E-state index in [0.29, 0.717) is 13.2 Å². The minimum atomic E-state index is -0.286. The number of para-hydroxylation sites is 2. The standard InChI is InChI=1S/C22H28N2O3/c1-14-10-15(2)21(16(3)11-14)23-22(25)17(4)24(5)12-18-13-26-19-8-6-7-9-20(19)27-18/h6-11,17-18H,12-13H2,1-5H3,(H,23,25)/t17-,18+/m0/s1. The maximum atomic E-state index is 12.8. The van der Waals surface area contributed by atoms with E-state index in [2.05, 4.69) is 24.4 Å². The molecule has 0 fully saturated rings. The van der Waals surface area contributed by atoms with Gasteiger partial charge in [0.25, 0.3) is 0 Å². The second-order valence-electron chi connectivity index (χ2n) is 7.38. The molecule has 0 bridgehead atoms. The summed E-state index contributed by atoms with van der Waals surface area (Å²) in [6.07, 6.45) is -0.108. The minimum absolute atomic E-state index is 0.0234. The van der Waals surface area contributed by atoms with Crippen molar-refractivity contribution in [3.63, 3.8) is 0 Å². The first-order valence-electron chi connectivity index (χ1n) is 9.32. The Morgan fingerprint density at radius 2 is 1.81 bits per heavy atom. The average molecular weight is 368 g/mol. The lowest BCUT2D eigenvalue weighted by atomic mass is 10.0. The summed E-state index contributed by atoms with van der Waals surface area (Å²) in [6.45, 7) is 9.10. The topological polar surface area (TPSA) is 50.8 Å². The molecule has 3 rings (SSSR count). The van der Waals surface area contributed by atoms with Crippen molar-refractivity contribution in [2.45, 2.75) is 39.8 Å². The molecule has 0 spiro atoms. The number of nitrogens with zero attached hydrogens (tertiary/aromatic N) is 1. The Kier molecular flexibility index (Phi) is 5.71. The van der Waals surface area contributed by atoms with Gasteiger partial charge in [-0.2, -0.15) is 0 Å². The van der Waals surface area contributed by atoms with Crippen LogP contribution in [-0.4, -0.2) is 43.2 Å². The number of carbonyl (C=O) groups is 1. The van der Waals surface area contributed by atoms with E-state index in [4.69, 9.17) is 9.47 Å². The van der Waals surface area contributed by atoms with Crippen LogP contribution >= 0.6 is 0 Å². The van der Waals surface area contributed by atoms with E-state index in [-0.39, 0.29) is 18.1 Å². The summed E-state index contributed by atoms with van der Waals surface area (Å²) in [7, 11) is 1.93. The Labute approximate surface area is 161 Å². The van der Waals surface area contributed by atoms with Crippen LogP contribution in [0.15, 0.2) is 36.4 Å². The quantitative estimate of drug-likeness (QED) is 0.874. The lowest BCUT2D eigenvalue weighted by molar-refractivity contribution is -0.120. The normalized spacial score (nSPS) is 16.9. The molecule has 1 heterocycles. The fourth-order valence-electron chi connectivity index (χ4n) is 3.44. The van der Waals surface area contributed by atoms with Crippen molar-refractivity contribution in [3.8, 4) is 11.5 Å². The molecule has 1 amide bonds. The molecule has 1 N–H and O–H groups in total. The summed E-state index contributed by atoms with van der Waals surface area (Å²) in [4.78, 5) is 14.8. The third kappa shape index (κ3) is 4.42. The zero-order chi connectivity index (χ0) is 19.6. The van der Waals surface area contributed by atoms with E-state index in [1.807, 2.05) is 57.0 Å². The largest absolute Gasteiger partial charge is 0.486 e. The predicted octanol–water partition coefficient (Wildman–Crippen LogP) is 3.71. The summed E-state index contributed by atoms with van der Waals surface area (Å²) >= 11 is 0. The Balaban J connectivity index is 1.60. The number of ether oxygens (including phenoxy) is 2. The first-order chi connectivity index (χ1) is 12.8. The lowest BCUT2D eigenvalue weighted by Gasteiger charge is -2.32. The van der Waals surface area contributed by atoms with Crippen LogP contribution in [0.1, 0.15) is 23.6 Å². The van der Waals surface area contributed by atoms with Gasteiger partial charge in [-0.05, 0) is 58.0 Å². The van der Waals surface area contributed by atoms with Crippen molar-refractivity contribution in [1.82, 2.24) is 4.90 Å². The summed E-state index contributed by atoms with van der Waals surface area (Å²) < 4.78 is 11.8. The number of nitrogens with one attached hydrogen (secondary N) is 1. The monoisotopic (exact) mass is 368 g/mol. The molecule has 2 aromatic carbocycles. The molecule has 5 nitrogen and oxygen atoms in total. The first-order valence-corrected chi connectivity index (χ1v) is 9.32. The van der Waals surface area contributed by atoms with Crippen LogP contribution in [0.2, 0.25) is 0 Å². The molecule has 0 aromatic heterocycles. The zero-order valence-electron chi connectivity index (χ0n) is 16.7. The Morgan fingerprint density at radius 3 is 2.48 bits per heavy atom. The van der Waals surface area contributed by atoms with Gasteiger partial charge in [0, 0.05) is 12.2 Å². The van der Waals surface area contributed by atoms with E-state index >= 15 is 0 Å². The van der Waals surface area contributed by atoms with Gasteiger partial charge >= 0.3 is 0 Å². The molecule has 0 radical (unpaired) electrons. The second kappa shape index (κ2) is 8.01. The highest BCUT2D eigenvalue weighted by Crippen LogP contribution is 2.31. The van der Waals surface area contributed by atoms with Gasteiger partial charge in [0.1, 0.15) is 12.7 Å². The van der Waals surface area contributed by atoms with Gasteiger partial charge in [-0.25, -0.2) is 0 Å². The average Bonchev–Trinajstić information content (AvgIpc) is 2.63. The maximum absolute atomic E-state index is 12.8. The number of hydrogen-bond donors (Lipinski definition) is 1. The van der Waals surface area contributed by atoms with E-state index in [9.17, 15) is 4.79 Å². The van der Waals surface area contributed by atoms with Gasteiger partial charge < -0.3 is 14.8 Å². The smallest absolute Gasteiger partial charge is 0.241 e. The van der Waals surface area contributed by atoms with Crippen LogP contribution in [0.3, 0.4) is 0 Å². The number of anilines is 1. The summed E-state index contributed by atoms with van der Waals surface area (Å²) in [5.74, 6) is 1.50. The Bertz CT molecular complexity index is 811.